The maximum atomic E-state index is 12.0. The lowest BCUT2D eigenvalue weighted by molar-refractivity contribution is -0.739. The van der Waals surface area contributed by atoms with Crippen LogP contribution in [0.1, 0.15) is 5.56 Å². The van der Waals surface area contributed by atoms with Crippen LogP contribution >= 0.6 is 11.8 Å². The predicted molar refractivity (Wildman–Crippen MR) is 89.9 cm³/mol. The summed E-state index contributed by atoms with van der Waals surface area (Å²) in [6, 6.07) is 15.2. The predicted octanol–water partition coefficient (Wildman–Crippen LogP) is 1.62. The monoisotopic (exact) mass is 351 g/mol. The first kappa shape index (κ1) is 16.7. The van der Waals surface area contributed by atoms with Crippen molar-refractivity contribution in [2.24, 2.45) is 12.0 Å². The van der Waals surface area contributed by atoms with Gasteiger partial charge in [0.25, 0.3) is 6.20 Å². The first-order chi connectivity index (χ1) is 12.2. The fourth-order valence-electron chi connectivity index (χ4n) is 2.05. The molecule has 0 aliphatic rings. The summed E-state index contributed by atoms with van der Waals surface area (Å²) >= 11 is 1.17. The zero-order valence-corrected chi connectivity index (χ0v) is 14.1. The van der Waals surface area contributed by atoms with E-state index >= 15 is 0 Å². The topological polar surface area (TPSA) is 102 Å². The van der Waals surface area contributed by atoms with E-state index in [-0.39, 0.29) is 11.6 Å². The molecule has 0 aliphatic carbocycles. The highest BCUT2D eigenvalue weighted by atomic mass is 32.2. The van der Waals surface area contributed by atoms with E-state index in [4.69, 9.17) is 4.52 Å². The van der Waals surface area contributed by atoms with Crippen molar-refractivity contribution in [3.63, 3.8) is 0 Å². The molecular formula is C17H13N5O2S. The summed E-state index contributed by atoms with van der Waals surface area (Å²) in [6.45, 7) is 0. The Morgan fingerprint density at radius 1 is 1.32 bits per heavy atom. The normalized spacial score (nSPS) is 11.3. The number of rotatable bonds is 5. The van der Waals surface area contributed by atoms with Gasteiger partial charge in [-0.2, -0.15) is 5.26 Å². The van der Waals surface area contributed by atoms with Crippen molar-refractivity contribution in [1.29, 1.82) is 5.26 Å². The number of benzene rings is 1. The van der Waals surface area contributed by atoms with E-state index in [0.29, 0.717) is 10.6 Å². The SMILES string of the molecule is C[n+]1cc(/N=C(\[O-])CSc2nc(-c3ccccc3)ccc2C#N)on1. The third kappa shape index (κ3) is 4.22. The fourth-order valence-corrected chi connectivity index (χ4v) is 2.81. The van der Waals surface area contributed by atoms with Gasteiger partial charge >= 0.3 is 5.88 Å². The first-order valence-electron chi connectivity index (χ1n) is 7.32. The van der Waals surface area contributed by atoms with Gasteiger partial charge in [-0.1, -0.05) is 46.8 Å². The standard InChI is InChI=1S/C17H13N5O2S/c1-22-10-16(24-21-22)20-15(23)11-25-17-13(9-18)7-8-14(19-17)12-5-3-2-4-6-12/h2-8,10H,11H2,1H3. The van der Waals surface area contributed by atoms with Crippen molar-refractivity contribution in [2.75, 3.05) is 5.75 Å². The Hall–Kier alpha value is -3.18. The average Bonchev–Trinajstić information content (AvgIpc) is 3.05. The van der Waals surface area contributed by atoms with Gasteiger partial charge in [0.15, 0.2) is 12.3 Å². The lowest BCUT2D eigenvalue weighted by Crippen LogP contribution is -2.27. The van der Waals surface area contributed by atoms with E-state index < -0.39 is 5.90 Å². The Balaban J connectivity index is 1.79. The van der Waals surface area contributed by atoms with Gasteiger partial charge in [0.1, 0.15) is 11.1 Å². The van der Waals surface area contributed by atoms with Crippen LogP contribution in [0.2, 0.25) is 0 Å². The molecule has 1 aromatic carbocycles. The van der Waals surface area contributed by atoms with Crippen LogP contribution in [0.4, 0.5) is 5.88 Å². The molecule has 2 aromatic heterocycles. The van der Waals surface area contributed by atoms with E-state index in [0.717, 1.165) is 11.3 Å². The van der Waals surface area contributed by atoms with Crippen LogP contribution in [0.3, 0.4) is 0 Å². The number of nitriles is 1. The van der Waals surface area contributed by atoms with E-state index in [1.54, 1.807) is 19.2 Å². The Labute approximate surface area is 148 Å². The van der Waals surface area contributed by atoms with Crippen LogP contribution in [0.25, 0.3) is 11.3 Å². The number of aliphatic imine (C=N–C) groups is 1. The van der Waals surface area contributed by atoms with E-state index in [1.165, 1.54) is 22.6 Å². The maximum Gasteiger partial charge on any atom is 0.320 e. The molecule has 25 heavy (non-hydrogen) atoms. The number of pyridine rings is 1. The first-order valence-corrected chi connectivity index (χ1v) is 8.31. The number of aromatic nitrogens is 3. The highest BCUT2D eigenvalue weighted by Crippen LogP contribution is 2.25. The van der Waals surface area contributed by atoms with E-state index in [2.05, 4.69) is 21.3 Å². The van der Waals surface area contributed by atoms with Gasteiger partial charge in [-0.15, -0.1) is 0 Å². The molecule has 3 aromatic rings. The summed E-state index contributed by atoms with van der Waals surface area (Å²) < 4.78 is 6.27. The summed E-state index contributed by atoms with van der Waals surface area (Å²) in [5.41, 5.74) is 2.11. The van der Waals surface area contributed by atoms with Gasteiger partial charge in [-0.05, 0) is 18.0 Å². The molecule has 0 bridgehead atoms. The number of thioether (sulfide) groups is 1. The lowest BCUT2D eigenvalue weighted by atomic mass is 10.1. The number of nitrogens with zero attached hydrogens (tertiary/aromatic N) is 5. The molecule has 0 spiro atoms. The second kappa shape index (κ2) is 7.59. The smallest absolute Gasteiger partial charge is 0.320 e. The third-order valence-corrected chi connectivity index (χ3v) is 4.15. The Morgan fingerprint density at radius 2 is 2.12 bits per heavy atom. The molecule has 0 radical (unpaired) electrons. The molecule has 7 nitrogen and oxygen atoms in total. The molecule has 8 heteroatoms. The zero-order valence-electron chi connectivity index (χ0n) is 13.3. The summed E-state index contributed by atoms with van der Waals surface area (Å²) in [4.78, 5) is 8.31. The number of hydrogen-bond donors (Lipinski definition) is 0. The van der Waals surface area contributed by atoms with Gasteiger partial charge in [0, 0.05) is 11.3 Å². The van der Waals surface area contributed by atoms with Crippen molar-refractivity contribution < 1.29 is 14.3 Å². The van der Waals surface area contributed by atoms with E-state index in [9.17, 15) is 10.4 Å². The molecule has 0 saturated carbocycles. The summed E-state index contributed by atoms with van der Waals surface area (Å²) in [5.74, 6) is -0.207. The molecule has 0 atom stereocenters. The maximum absolute atomic E-state index is 12.0. The van der Waals surface area contributed by atoms with E-state index in [1.807, 2.05) is 30.3 Å². The fraction of sp³-hybridized carbons (Fsp3) is 0.118. The van der Waals surface area contributed by atoms with Gasteiger partial charge < -0.3 is 5.11 Å². The molecule has 0 N–H and O–H groups in total. The van der Waals surface area contributed by atoms with Crippen LogP contribution in [0.15, 0.2) is 63.2 Å². The van der Waals surface area contributed by atoms with Crippen LogP contribution in [0.5, 0.6) is 0 Å². The summed E-state index contributed by atoms with van der Waals surface area (Å²) in [5, 5.41) is 25.3. The summed E-state index contributed by atoms with van der Waals surface area (Å²) in [6.07, 6.45) is 1.50. The second-order valence-corrected chi connectivity index (χ2v) is 6.00. The van der Waals surface area contributed by atoms with Crippen molar-refractivity contribution in [3.8, 4) is 17.3 Å². The molecule has 0 unspecified atom stereocenters. The minimum Gasteiger partial charge on any atom is -0.861 e. The van der Waals surface area contributed by atoms with Crippen molar-refractivity contribution in [3.05, 3.63) is 54.2 Å². The largest absolute Gasteiger partial charge is 0.861 e. The summed E-state index contributed by atoms with van der Waals surface area (Å²) in [7, 11) is 1.67. The van der Waals surface area contributed by atoms with Gasteiger partial charge in [-0.25, -0.2) is 9.98 Å². The van der Waals surface area contributed by atoms with Crippen LogP contribution in [0, 0.1) is 11.3 Å². The molecule has 3 rings (SSSR count). The Kier molecular flexibility index (Phi) is 5.06. The Morgan fingerprint density at radius 3 is 2.80 bits per heavy atom. The minimum atomic E-state index is -0.391. The van der Waals surface area contributed by atoms with Gasteiger partial charge in [0.05, 0.1) is 11.3 Å². The van der Waals surface area contributed by atoms with Crippen LogP contribution < -0.4 is 9.79 Å². The molecule has 0 saturated heterocycles. The molecule has 0 amide bonds. The second-order valence-electron chi connectivity index (χ2n) is 5.04. The van der Waals surface area contributed by atoms with Gasteiger partial charge in [0.2, 0.25) is 0 Å². The van der Waals surface area contributed by atoms with Crippen LogP contribution in [-0.4, -0.2) is 21.9 Å². The number of hydrogen-bond acceptors (Lipinski definition) is 7. The molecule has 0 aliphatic heterocycles. The van der Waals surface area contributed by atoms with Gasteiger partial charge in [-0.3, -0.25) is 4.52 Å². The molecular weight excluding hydrogens is 338 g/mol. The van der Waals surface area contributed by atoms with Crippen molar-refractivity contribution in [1.82, 2.24) is 10.3 Å². The highest BCUT2D eigenvalue weighted by molar-refractivity contribution is 7.99. The zero-order chi connectivity index (χ0) is 17.6. The lowest BCUT2D eigenvalue weighted by Gasteiger charge is -2.10. The van der Waals surface area contributed by atoms with Crippen molar-refractivity contribution in [2.45, 2.75) is 5.03 Å². The quantitative estimate of drug-likeness (QED) is 0.299. The molecule has 124 valence electrons. The number of aryl methyl sites for hydroxylation is 1. The molecule has 0 fully saturated rings. The van der Waals surface area contributed by atoms with Crippen LogP contribution in [-0.2, 0) is 7.05 Å². The van der Waals surface area contributed by atoms with Crippen molar-refractivity contribution >= 4 is 23.5 Å². The highest BCUT2D eigenvalue weighted by Gasteiger charge is 2.09. The molecule has 2 heterocycles. The Bertz CT molecular complexity index is 947. The average molecular weight is 351 g/mol. The minimum absolute atomic E-state index is 0.0460. The third-order valence-electron chi connectivity index (χ3n) is 3.18.